The van der Waals surface area contributed by atoms with Crippen molar-refractivity contribution in [1.82, 2.24) is 4.57 Å². The summed E-state index contributed by atoms with van der Waals surface area (Å²) in [6.07, 6.45) is 1.69. The van der Waals surface area contributed by atoms with Gasteiger partial charge in [0.05, 0.1) is 36.1 Å². The van der Waals surface area contributed by atoms with E-state index in [1.807, 2.05) is 0 Å². The number of aromatic nitrogens is 1. The van der Waals surface area contributed by atoms with Crippen molar-refractivity contribution in [2.45, 2.75) is 26.8 Å². The van der Waals surface area contributed by atoms with Crippen LogP contribution in [0.15, 0.2) is 63.5 Å². The molecule has 0 fully saturated rings. The monoisotopic (exact) mass is 536 g/mol. The number of rotatable bonds is 6. The van der Waals surface area contributed by atoms with Crippen molar-refractivity contribution >= 4 is 35.3 Å². The molecular formula is C27H24N2O8S. The number of carbonyl (C=O) groups excluding carboxylic acids is 3. The number of carbonyl (C=O) groups is 3. The molecule has 38 heavy (non-hydrogen) atoms. The molecule has 4 rings (SSSR count). The molecule has 11 heteroatoms. The smallest absolute Gasteiger partial charge is 0.338 e. The van der Waals surface area contributed by atoms with Crippen LogP contribution in [-0.2, 0) is 19.1 Å². The molecule has 10 nitrogen and oxygen atoms in total. The second kappa shape index (κ2) is 10.9. The summed E-state index contributed by atoms with van der Waals surface area (Å²) in [6, 6.07) is 10.6. The first-order valence-electron chi connectivity index (χ1n) is 11.4. The summed E-state index contributed by atoms with van der Waals surface area (Å²) in [6.45, 7) is 4.26. The van der Waals surface area contributed by atoms with E-state index in [1.165, 1.54) is 44.0 Å². The molecule has 1 aliphatic heterocycles. The first kappa shape index (κ1) is 26.6. The fourth-order valence-corrected chi connectivity index (χ4v) is 5.10. The number of esters is 3. The molecule has 1 aromatic heterocycles. The maximum Gasteiger partial charge on any atom is 0.338 e. The number of benzene rings is 2. The Kier molecular flexibility index (Phi) is 7.58. The van der Waals surface area contributed by atoms with Crippen LogP contribution in [0.1, 0.15) is 37.9 Å². The van der Waals surface area contributed by atoms with Crippen molar-refractivity contribution in [3.63, 3.8) is 0 Å². The predicted octanol–water partition coefficient (Wildman–Crippen LogP) is 2.27. The maximum absolute atomic E-state index is 13.7. The molecule has 2 aromatic carbocycles. The van der Waals surface area contributed by atoms with Gasteiger partial charge in [-0.3, -0.25) is 19.0 Å². The average molecular weight is 537 g/mol. The third kappa shape index (κ3) is 5.28. The molecule has 0 spiro atoms. The zero-order valence-corrected chi connectivity index (χ0v) is 22.1. The lowest BCUT2D eigenvalue weighted by Crippen LogP contribution is -2.39. The zero-order chi connectivity index (χ0) is 27.6. The number of hydrogen-bond donors (Lipinski definition) is 0. The van der Waals surface area contributed by atoms with E-state index in [1.54, 1.807) is 55.5 Å². The Morgan fingerprint density at radius 3 is 2.26 bits per heavy atom. The van der Waals surface area contributed by atoms with E-state index in [-0.39, 0.29) is 22.6 Å². The number of thiazole rings is 1. The zero-order valence-electron chi connectivity index (χ0n) is 21.3. The van der Waals surface area contributed by atoms with Crippen LogP contribution in [0.5, 0.6) is 17.2 Å². The number of methoxy groups -OCH3 is 2. The number of fused-ring (bicyclic) bond motifs is 1. The quantitative estimate of drug-likeness (QED) is 0.347. The SMILES string of the molecule is COC(=O)C1=C(C)N=c2s/c(=C/c3ccc(OC(C)=O)cc3)c(=O)n2[C@H]1c1ccc(OC(C)=O)c(OC)c1. The molecule has 0 bridgehead atoms. The van der Waals surface area contributed by atoms with Gasteiger partial charge < -0.3 is 18.9 Å². The van der Waals surface area contributed by atoms with E-state index in [9.17, 15) is 19.2 Å². The van der Waals surface area contributed by atoms with Gasteiger partial charge in [-0.2, -0.15) is 0 Å². The minimum atomic E-state index is -0.868. The van der Waals surface area contributed by atoms with Gasteiger partial charge in [0.1, 0.15) is 5.75 Å². The Hall–Kier alpha value is -4.51. The highest BCUT2D eigenvalue weighted by Crippen LogP contribution is 2.36. The fourth-order valence-electron chi connectivity index (χ4n) is 4.05. The first-order chi connectivity index (χ1) is 18.1. The molecule has 0 saturated carbocycles. The minimum absolute atomic E-state index is 0.194. The number of allylic oxidation sites excluding steroid dienone is 1. The van der Waals surface area contributed by atoms with Crippen LogP contribution in [0.2, 0.25) is 0 Å². The van der Waals surface area contributed by atoms with Crippen molar-refractivity contribution < 1.29 is 33.3 Å². The number of ether oxygens (including phenoxy) is 4. The Morgan fingerprint density at radius 1 is 0.974 bits per heavy atom. The molecule has 0 N–H and O–H groups in total. The molecule has 0 aliphatic carbocycles. The van der Waals surface area contributed by atoms with Crippen LogP contribution >= 0.6 is 11.3 Å². The van der Waals surface area contributed by atoms with Gasteiger partial charge in [0.2, 0.25) is 0 Å². The van der Waals surface area contributed by atoms with Crippen molar-refractivity contribution in [3.05, 3.63) is 84.5 Å². The van der Waals surface area contributed by atoms with E-state index in [4.69, 9.17) is 18.9 Å². The molecule has 0 radical (unpaired) electrons. The lowest BCUT2D eigenvalue weighted by Gasteiger charge is -2.25. The summed E-state index contributed by atoms with van der Waals surface area (Å²) in [4.78, 5) is 54.1. The van der Waals surface area contributed by atoms with Gasteiger partial charge in [0.15, 0.2) is 16.3 Å². The molecular weight excluding hydrogens is 512 g/mol. The Bertz CT molecular complexity index is 1650. The van der Waals surface area contributed by atoms with Crippen molar-refractivity contribution in [1.29, 1.82) is 0 Å². The van der Waals surface area contributed by atoms with Crippen molar-refractivity contribution in [3.8, 4) is 17.2 Å². The molecule has 196 valence electrons. The maximum atomic E-state index is 13.7. The third-order valence-electron chi connectivity index (χ3n) is 5.62. The second-order valence-corrected chi connectivity index (χ2v) is 9.25. The Balaban J connectivity index is 1.88. The second-order valence-electron chi connectivity index (χ2n) is 8.24. The van der Waals surface area contributed by atoms with Crippen LogP contribution in [0.4, 0.5) is 0 Å². The molecule has 3 aromatic rings. The summed E-state index contributed by atoms with van der Waals surface area (Å²) < 4.78 is 22.5. The van der Waals surface area contributed by atoms with E-state index >= 15 is 0 Å². The van der Waals surface area contributed by atoms with Gasteiger partial charge >= 0.3 is 17.9 Å². The van der Waals surface area contributed by atoms with E-state index in [2.05, 4.69) is 4.99 Å². The summed E-state index contributed by atoms with van der Waals surface area (Å²) in [5.74, 6) is -0.730. The summed E-state index contributed by atoms with van der Waals surface area (Å²) in [5.41, 5.74) is 1.48. The molecule has 1 atom stereocenters. The molecule has 1 aliphatic rings. The van der Waals surface area contributed by atoms with Gasteiger partial charge in [-0.25, -0.2) is 9.79 Å². The number of hydrogen-bond acceptors (Lipinski definition) is 10. The van der Waals surface area contributed by atoms with E-state index < -0.39 is 23.9 Å². The van der Waals surface area contributed by atoms with Crippen molar-refractivity contribution in [2.24, 2.45) is 4.99 Å². The summed E-state index contributed by atoms with van der Waals surface area (Å²) >= 11 is 1.17. The predicted molar refractivity (Wildman–Crippen MR) is 138 cm³/mol. The highest BCUT2D eigenvalue weighted by molar-refractivity contribution is 7.07. The van der Waals surface area contributed by atoms with Gasteiger partial charge in [-0.15, -0.1) is 0 Å². The Labute approximate surface area is 221 Å². The van der Waals surface area contributed by atoms with E-state index in [0.717, 1.165) is 0 Å². The highest BCUT2D eigenvalue weighted by atomic mass is 32.1. The standard InChI is InChI=1S/C27H24N2O8S/c1-14-23(26(33)35-5)24(18-8-11-20(37-16(3)31)21(13-18)34-4)29-25(32)22(38-27(29)28-14)12-17-6-9-19(10-7-17)36-15(2)30/h6-13,24H,1-5H3/b22-12+/t24-/m0/s1. The molecule has 0 saturated heterocycles. The topological polar surface area (TPSA) is 122 Å². The molecule has 2 heterocycles. The lowest BCUT2D eigenvalue weighted by atomic mass is 9.95. The van der Waals surface area contributed by atoms with Crippen LogP contribution in [0.25, 0.3) is 6.08 Å². The summed E-state index contributed by atoms with van der Waals surface area (Å²) in [7, 11) is 2.68. The molecule has 0 unspecified atom stereocenters. The first-order valence-corrected chi connectivity index (χ1v) is 12.2. The molecule has 0 amide bonds. The largest absolute Gasteiger partial charge is 0.493 e. The minimum Gasteiger partial charge on any atom is -0.493 e. The van der Waals surface area contributed by atoms with Crippen molar-refractivity contribution in [2.75, 3.05) is 14.2 Å². The van der Waals surface area contributed by atoms with Gasteiger partial charge in [-0.1, -0.05) is 29.5 Å². The fraction of sp³-hybridized carbons (Fsp3) is 0.222. The summed E-state index contributed by atoms with van der Waals surface area (Å²) in [5, 5.41) is 0. The van der Waals surface area contributed by atoms with Crippen LogP contribution < -0.4 is 29.1 Å². The number of nitrogens with zero attached hydrogens (tertiary/aromatic N) is 2. The van der Waals surface area contributed by atoms with E-state index in [0.29, 0.717) is 31.9 Å². The van der Waals surface area contributed by atoms with Gasteiger partial charge in [0, 0.05) is 13.8 Å². The van der Waals surface area contributed by atoms with Crippen LogP contribution in [-0.4, -0.2) is 36.7 Å². The third-order valence-corrected chi connectivity index (χ3v) is 6.61. The van der Waals surface area contributed by atoms with Crippen LogP contribution in [0.3, 0.4) is 0 Å². The Morgan fingerprint density at radius 2 is 1.66 bits per heavy atom. The van der Waals surface area contributed by atoms with Crippen LogP contribution in [0, 0.1) is 0 Å². The van der Waals surface area contributed by atoms with Gasteiger partial charge in [0.25, 0.3) is 5.56 Å². The van der Waals surface area contributed by atoms with Gasteiger partial charge in [-0.05, 0) is 48.4 Å². The lowest BCUT2D eigenvalue weighted by molar-refractivity contribution is -0.136. The average Bonchev–Trinajstić information content (AvgIpc) is 3.17. The normalized spacial score (nSPS) is 14.9. The highest BCUT2D eigenvalue weighted by Gasteiger charge is 2.33.